The summed E-state index contributed by atoms with van der Waals surface area (Å²) < 4.78 is 5.74. The minimum atomic E-state index is -0.888. The fraction of sp³-hybridized carbons (Fsp3) is 0.429. The van der Waals surface area contributed by atoms with E-state index in [2.05, 4.69) is 20.8 Å². The number of benzene rings is 1. The highest BCUT2D eigenvalue weighted by Gasteiger charge is 2.22. The van der Waals surface area contributed by atoms with Crippen LogP contribution in [0.15, 0.2) is 59.4 Å². The summed E-state index contributed by atoms with van der Waals surface area (Å²) in [6.07, 6.45) is 5.37. The van der Waals surface area contributed by atoms with E-state index in [1.165, 1.54) is 11.1 Å². The van der Waals surface area contributed by atoms with Crippen LogP contribution < -0.4 is 4.74 Å². The molecular formula is C21H28O4. The molecule has 25 heavy (non-hydrogen) atoms. The molecule has 0 spiro atoms. The number of hydrogen-bond donors (Lipinski definition) is 3. The van der Waals surface area contributed by atoms with Gasteiger partial charge >= 0.3 is 0 Å². The molecule has 4 heteroatoms. The van der Waals surface area contributed by atoms with E-state index in [1.54, 1.807) is 6.08 Å². The van der Waals surface area contributed by atoms with Crippen LogP contribution in [0.3, 0.4) is 0 Å². The summed E-state index contributed by atoms with van der Waals surface area (Å²) in [6.45, 7) is 6.23. The van der Waals surface area contributed by atoms with E-state index in [0.717, 1.165) is 11.3 Å². The highest BCUT2D eigenvalue weighted by Crippen LogP contribution is 2.38. The summed E-state index contributed by atoms with van der Waals surface area (Å²) in [5, 5.41) is 28.1. The molecule has 1 aliphatic carbocycles. The molecule has 0 fully saturated rings. The van der Waals surface area contributed by atoms with Crippen LogP contribution in [0.4, 0.5) is 0 Å². The second-order valence-electron chi connectivity index (χ2n) is 6.71. The molecule has 0 aliphatic heterocycles. The standard InChI is InChI=1S/C21H28O4/c1-14(2)21(16-8-10-17(23)11-9-16)15(3)19-6-4-5-7-20(19)25-13-18(24)12-22/h4-8,10-11,14-15,18,22-24H,9,12-13H2,1-3H3. The Balaban J connectivity index is 2.33. The van der Waals surface area contributed by atoms with Crippen molar-refractivity contribution in [3.63, 3.8) is 0 Å². The van der Waals surface area contributed by atoms with Crippen molar-refractivity contribution in [2.45, 2.75) is 39.2 Å². The van der Waals surface area contributed by atoms with Crippen LogP contribution in [-0.4, -0.2) is 34.6 Å². The number of allylic oxidation sites excluding steroid dienone is 5. The van der Waals surface area contributed by atoms with Gasteiger partial charge in [0.2, 0.25) is 0 Å². The van der Waals surface area contributed by atoms with E-state index in [9.17, 15) is 10.2 Å². The van der Waals surface area contributed by atoms with Crippen molar-refractivity contribution >= 4 is 0 Å². The predicted molar refractivity (Wildman–Crippen MR) is 99.8 cm³/mol. The number of hydrogen-bond acceptors (Lipinski definition) is 4. The van der Waals surface area contributed by atoms with E-state index >= 15 is 0 Å². The Kier molecular flexibility index (Phi) is 6.85. The highest BCUT2D eigenvalue weighted by molar-refractivity contribution is 5.45. The van der Waals surface area contributed by atoms with Gasteiger partial charge in [0.15, 0.2) is 0 Å². The first kappa shape index (κ1) is 19.3. The van der Waals surface area contributed by atoms with Crippen molar-refractivity contribution in [3.05, 3.63) is 65.0 Å². The zero-order chi connectivity index (χ0) is 18.4. The van der Waals surface area contributed by atoms with E-state index in [-0.39, 0.29) is 19.1 Å². The van der Waals surface area contributed by atoms with Gasteiger partial charge in [-0.1, -0.05) is 50.6 Å². The van der Waals surface area contributed by atoms with Crippen molar-refractivity contribution in [3.8, 4) is 5.75 Å². The van der Waals surface area contributed by atoms with Gasteiger partial charge in [-0.05, 0) is 36.1 Å². The molecule has 3 N–H and O–H groups in total. The summed E-state index contributed by atoms with van der Waals surface area (Å²) >= 11 is 0. The van der Waals surface area contributed by atoms with Crippen LogP contribution in [0, 0.1) is 5.92 Å². The van der Waals surface area contributed by atoms with Gasteiger partial charge in [-0.3, -0.25) is 0 Å². The maximum absolute atomic E-state index is 9.58. The van der Waals surface area contributed by atoms with Crippen LogP contribution in [-0.2, 0) is 0 Å². The Labute approximate surface area is 149 Å². The maximum Gasteiger partial charge on any atom is 0.123 e. The van der Waals surface area contributed by atoms with Gasteiger partial charge in [-0.25, -0.2) is 0 Å². The van der Waals surface area contributed by atoms with Crippen LogP contribution in [0.5, 0.6) is 5.75 Å². The molecule has 0 radical (unpaired) electrons. The molecule has 1 aromatic carbocycles. The van der Waals surface area contributed by atoms with Crippen molar-refractivity contribution < 1.29 is 20.1 Å². The van der Waals surface area contributed by atoms with Crippen LogP contribution in [0.25, 0.3) is 0 Å². The van der Waals surface area contributed by atoms with Gasteiger partial charge in [0, 0.05) is 11.5 Å². The number of rotatable bonds is 7. The van der Waals surface area contributed by atoms with Crippen molar-refractivity contribution in [2.75, 3.05) is 13.2 Å². The molecule has 2 atom stereocenters. The zero-order valence-electron chi connectivity index (χ0n) is 15.1. The molecule has 0 aromatic heterocycles. The Morgan fingerprint density at radius 3 is 2.48 bits per heavy atom. The SMILES string of the molecule is CC(C)C(=C1C=CC(O)=CC1)C(C)c1ccccc1OCC(O)CO. The van der Waals surface area contributed by atoms with Gasteiger partial charge in [-0.15, -0.1) is 0 Å². The number of para-hydroxylation sites is 1. The fourth-order valence-electron chi connectivity index (χ4n) is 3.28. The minimum Gasteiger partial charge on any atom is -0.508 e. The Hall–Kier alpha value is -2.04. The summed E-state index contributed by atoms with van der Waals surface area (Å²) in [7, 11) is 0. The lowest BCUT2D eigenvalue weighted by atomic mass is 9.81. The number of ether oxygens (including phenoxy) is 1. The third-order valence-corrected chi connectivity index (χ3v) is 4.47. The Bertz CT molecular complexity index is 670. The lowest BCUT2D eigenvalue weighted by molar-refractivity contribution is 0.0532. The quantitative estimate of drug-likeness (QED) is 0.702. The Morgan fingerprint density at radius 1 is 1.16 bits per heavy atom. The largest absolute Gasteiger partial charge is 0.508 e. The number of aliphatic hydroxyl groups is 3. The van der Waals surface area contributed by atoms with Crippen LogP contribution in [0.2, 0.25) is 0 Å². The zero-order valence-corrected chi connectivity index (χ0v) is 15.1. The van der Waals surface area contributed by atoms with E-state index in [0.29, 0.717) is 18.1 Å². The maximum atomic E-state index is 9.58. The lowest BCUT2D eigenvalue weighted by Crippen LogP contribution is -2.22. The Morgan fingerprint density at radius 2 is 1.88 bits per heavy atom. The van der Waals surface area contributed by atoms with Gasteiger partial charge in [-0.2, -0.15) is 0 Å². The second-order valence-corrected chi connectivity index (χ2v) is 6.71. The molecule has 2 rings (SSSR count). The third kappa shape index (κ3) is 4.97. The molecule has 0 saturated heterocycles. The van der Waals surface area contributed by atoms with E-state index in [4.69, 9.17) is 9.84 Å². The molecule has 4 nitrogen and oxygen atoms in total. The molecular weight excluding hydrogens is 316 g/mol. The first-order chi connectivity index (χ1) is 11.9. The normalized spacial score (nSPS) is 18.7. The molecule has 0 bridgehead atoms. The highest BCUT2D eigenvalue weighted by atomic mass is 16.5. The van der Waals surface area contributed by atoms with Gasteiger partial charge in [0.1, 0.15) is 24.2 Å². The van der Waals surface area contributed by atoms with Crippen molar-refractivity contribution in [1.82, 2.24) is 0 Å². The first-order valence-electron chi connectivity index (χ1n) is 8.74. The van der Waals surface area contributed by atoms with Gasteiger partial charge in [0.05, 0.1) is 6.61 Å². The first-order valence-corrected chi connectivity index (χ1v) is 8.74. The van der Waals surface area contributed by atoms with E-state index in [1.807, 2.05) is 36.4 Å². The smallest absolute Gasteiger partial charge is 0.123 e. The van der Waals surface area contributed by atoms with Crippen molar-refractivity contribution in [2.24, 2.45) is 5.92 Å². The molecule has 0 amide bonds. The number of aliphatic hydroxyl groups excluding tert-OH is 3. The summed E-state index contributed by atoms with van der Waals surface area (Å²) in [4.78, 5) is 0. The summed E-state index contributed by atoms with van der Waals surface area (Å²) in [5.74, 6) is 1.51. The monoisotopic (exact) mass is 344 g/mol. The van der Waals surface area contributed by atoms with Gasteiger partial charge < -0.3 is 20.1 Å². The molecule has 1 aliphatic rings. The molecule has 0 saturated carbocycles. The molecule has 0 heterocycles. The molecule has 136 valence electrons. The fourth-order valence-corrected chi connectivity index (χ4v) is 3.28. The predicted octanol–water partition coefficient (Wildman–Crippen LogP) is 3.88. The third-order valence-electron chi connectivity index (χ3n) is 4.47. The van der Waals surface area contributed by atoms with Crippen LogP contribution in [0.1, 0.15) is 38.7 Å². The van der Waals surface area contributed by atoms with Crippen LogP contribution >= 0.6 is 0 Å². The lowest BCUT2D eigenvalue weighted by Gasteiger charge is -2.26. The summed E-state index contributed by atoms with van der Waals surface area (Å²) in [6, 6.07) is 7.81. The van der Waals surface area contributed by atoms with Gasteiger partial charge in [0.25, 0.3) is 0 Å². The molecule has 2 unspecified atom stereocenters. The van der Waals surface area contributed by atoms with E-state index < -0.39 is 6.10 Å². The average Bonchev–Trinajstić information content (AvgIpc) is 2.61. The second kappa shape index (κ2) is 8.88. The average molecular weight is 344 g/mol. The summed E-state index contributed by atoms with van der Waals surface area (Å²) in [5.41, 5.74) is 3.57. The molecule has 1 aromatic rings. The topological polar surface area (TPSA) is 69.9 Å². The van der Waals surface area contributed by atoms with Crippen molar-refractivity contribution in [1.29, 1.82) is 0 Å². The minimum absolute atomic E-state index is 0.0599.